The third-order valence-corrected chi connectivity index (χ3v) is 25.5. The summed E-state index contributed by atoms with van der Waals surface area (Å²) >= 11 is 5.58. The van der Waals surface area contributed by atoms with Crippen molar-refractivity contribution in [2.24, 2.45) is 0 Å². The van der Waals surface area contributed by atoms with Crippen molar-refractivity contribution in [3.8, 4) is 84.2 Å². The van der Waals surface area contributed by atoms with Gasteiger partial charge in [-0.05, 0) is 214 Å². The van der Waals surface area contributed by atoms with Crippen LogP contribution in [0.4, 0.5) is 0 Å². The molecule has 0 aliphatic heterocycles. The van der Waals surface area contributed by atoms with Crippen LogP contribution in [0.15, 0.2) is 346 Å². The molecule has 0 atom stereocenters. The SMILES string of the molecule is c1cc(-c2nc(-c3ccc(-n4c5ccccc5c5cc(-c6ccc7sc8ccccc8c7c6)ccc54)cc3)nc3ccc(-c4ccc(-n5c6ccccc6c6cc(-c7ccc8sc9ccccc9c8c7)ccc65)cc4)cc23)cc(-n2c3ccccc3c3cc(-c4ccc5sc6ccccc6c5c4)ccc32)c1. The van der Waals surface area contributed by atoms with Crippen molar-refractivity contribution in [1.29, 1.82) is 0 Å². The summed E-state index contributed by atoms with van der Waals surface area (Å²) in [5, 5.41) is 16.1. The van der Waals surface area contributed by atoms with Gasteiger partial charge in [0.1, 0.15) is 0 Å². The van der Waals surface area contributed by atoms with Crippen LogP contribution in [-0.2, 0) is 0 Å². The Hall–Kier alpha value is -13.1. The van der Waals surface area contributed by atoms with Gasteiger partial charge in [-0.1, -0.05) is 176 Å². The molecule has 23 aromatic rings. The summed E-state index contributed by atoms with van der Waals surface area (Å²) in [4.78, 5) is 11.2. The van der Waals surface area contributed by atoms with Crippen LogP contribution < -0.4 is 0 Å². The number of rotatable bonds is 9. The van der Waals surface area contributed by atoms with Crippen molar-refractivity contribution in [2.75, 3.05) is 0 Å². The quantitative estimate of drug-likeness (QED) is 0.144. The minimum absolute atomic E-state index is 0.660. The molecule has 0 radical (unpaired) electrons. The molecule has 0 spiro atoms. The molecule has 0 saturated carbocycles. The van der Waals surface area contributed by atoms with Crippen molar-refractivity contribution in [3.63, 3.8) is 0 Å². The first-order valence-electron chi connectivity index (χ1n) is 36.0. The lowest BCUT2D eigenvalue weighted by Crippen LogP contribution is -1.99. The molecule has 0 N–H and O–H groups in total. The second-order valence-electron chi connectivity index (χ2n) is 28.0. The van der Waals surface area contributed by atoms with Crippen molar-refractivity contribution in [1.82, 2.24) is 23.7 Å². The third-order valence-electron chi connectivity index (χ3n) is 22.1. The van der Waals surface area contributed by atoms with Crippen LogP contribution >= 0.6 is 34.0 Å². The van der Waals surface area contributed by atoms with E-state index in [0.29, 0.717) is 5.82 Å². The van der Waals surface area contributed by atoms with Gasteiger partial charge in [-0.15, -0.1) is 34.0 Å². The fraction of sp³-hybridized carbons (Fsp3) is 0. The van der Waals surface area contributed by atoms with Gasteiger partial charge in [0.15, 0.2) is 5.82 Å². The van der Waals surface area contributed by atoms with Crippen LogP contribution in [0.3, 0.4) is 0 Å². The maximum absolute atomic E-state index is 5.69. The number of nitrogens with zero attached hydrogens (tertiary/aromatic N) is 5. The molecule has 0 unspecified atom stereocenters. The summed E-state index contributed by atoms with van der Waals surface area (Å²) in [5.74, 6) is 0.660. The predicted molar refractivity (Wildman–Crippen MR) is 454 cm³/mol. The Kier molecular flexibility index (Phi) is 13.0. The summed E-state index contributed by atoms with van der Waals surface area (Å²) in [7, 11) is 0. The predicted octanol–water partition coefficient (Wildman–Crippen LogP) is 28.0. The summed E-state index contributed by atoms with van der Waals surface area (Å²) in [6.07, 6.45) is 0. The highest BCUT2D eigenvalue weighted by Gasteiger charge is 2.22. The van der Waals surface area contributed by atoms with Crippen molar-refractivity contribution in [3.05, 3.63) is 346 Å². The Bertz CT molecular complexity index is 7650. The molecule has 0 aliphatic rings. The molecule has 5 nitrogen and oxygen atoms in total. The second-order valence-corrected chi connectivity index (χ2v) is 31.2. The van der Waals surface area contributed by atoms with Crippen LogP contribution in [0.25, 0.3) is 221 Å². The summed E-state index contributed by atoms with van der Waals surface area (Å²) in [6.45, 7) is 0. The van der Waals surface area contributed by atoms with Crippen molar-refractivity contribution >= 4 is 171 Å². The summed E-state index contributed by atoms with van der Waals surface area (Å²) in [6, 6.07) is 128. The second kappa shape index (κ2) is 23.2. The lowest BCUT2D eigenvalue weighted by molar-refractivity contribution is 1.17. The Labute approximate surface area is 619 Å². The van der Waals surface area contributed by atoms with Crippen LogP contribution in [0.1, 0.15) is 0 Å². The zero-order valence-electron chi connectivity index (χ0n) is 56.9. The average Bonchev–Trinajstić information content (AvgIpc) is 1.57. The van der Waals surface area contributed by atoms with E-state index in [4.69, 9.17) is 9.97 Å². The standard InChI is InChI=1S/C98H57N5S3/c1-7-22-85-71(16-1)77-51-61(64-36-47-94-80(54-64)74-19-4-10-25-91(74)104-94)33-44-88(77)101(85)68-39-28-58(29-40-68)60-32-43-84-83(57-60)97(67-14-13-15-70(50-67)103-87-24-9-3-18-73(87)79-53-63(35-46-90(79)103)66-38-49-96-82(56-66)76-21-6-12-27-93(76)106-96)100-98(99-84)59-30-41-69(42-31-59)102-86-23-8-2-17-72(86)78-52-62(34-45-89(78)102)65-37-48-95-81(55-65)75-20-5-11-26-92(75)105-95/h1-57H. The molecule has 0 amide bonds. The van der Waals surface area contributed by atoms with Gasteiger partial charge in [0.25, 0.3) is 0 Å². The van der Waals surface area contributed by atoms with Crippen LogP contribution in [0, 0.1) is 0 Å². The molecule has 0 fully saturated rings. The fourth-order valence-electron chi connectivity index (χ4n) is 17.0. The van der Waals surface area contributed by atoms with Crippen LogP contribution in [-0.4, -0.2) is 23.7 Å². The Morgan fingerprint density at radius 1 is 0.179 bits per heavy atom. The highest BCUT2D eigenvalue weighted by molar-refractivity contribution is 7.26. The molecule has 0 aliphatic carbocycles. The maximum atomic E-state index is 5.69. The molecular weight excluding hydrogens is 1340 g/mol. The van der Waals surface area contributed by atoms with Gasteiger partial charge in [0.05, 0.1) is 44.3 Å². The van der Waals surface area contributed by atoms with Gasteiger partial charge in [-0.3, -0.25) is 0 Å². The van der Waals surface area contributed by atoms with Gasteiger partial charge in [0.2, 0.25) is 0 Å². The molecule has 106 heavy (non-hydrogen) atoms. The first kappa shape index (κ1) is 59.4. The number of hydrogen-bond donors (Lipinski definition) is 0. The van der Waals surface area contributed by atoms with E-state index >= 15 is 0 Å². The lowest BCUT2D eigenvalue weighted by atomic mass is 9.99. The van der Waals surface area contributed by atoms with E-state index in [1.165, 1.54) is 137 Å². The molecule has 7 heterocycles. The molecule has 23 rings (SSSR count). The lowest BCUT2D eigenvalue weighted by Gasteiger charge is -2.14. The van der Waals surface area contributed by atoms with Gasteiger partial charge in [-0.2, -0.15) is 0 Å². The summed E-state index contributed by atoms with van der Waals surface area (Å²) in [5.41, 5.74) is 23.3. The molecule has 0 saturated heterocycles. The normalized spacial score (nSPS) is 12.2. The highest BCUT2D eigenvalue weighted by Crippen LogP contribution is 2.45. The Morgan fingerprint density at radius 3 is 0.943 bits per heavy atom. The average molecular weight is 1400 g/mol. The number of fused-ring (bicyclic) bond motifs is 19. The smallest absolute Gasteiger partial charge is 0.160 e. The Balaban J connectivity index is 0.636. The van der Waals surface area contributed by atoms with Gasteiger partial charge < -0.3 is 13.7 Å². The highest BCUT2D eigenvalue weighted by atomic mass is 32.1. The minimum atomic E-state index is 0.660. The molecular formula is C98H57N5S3. The van der Waals surface area contributed by atoms with E-state index in [1.807, 2.05) is 34.0 Å². The zero-order valence-corrected chi connectivity index (χ0v) is 59.3. The number of aromatic nitrogens is 5. The number of para-hydroxylation sites is 3. The number of thiophene rings is 3. The number of hydrogen-bond acceptors (Lipinski definition) is 5. The molecule has 492 valence electrons. The van der Waals surface area contributed by atoms with E-state index in [0.717, 1.165) is 78.0 Å². The van der Waals surface area contributed by atoms with Crippen LogP contribution in [0.5, 0.6) is 0 Å². The van der Waals surface area contributed by atoms with E-state index in [9.17, 15) is 0 Å². The third kappa shape index (κ3) is 9.25. The van der Waals surface area contributed by atoms with E-state index in [1.54, 1.807) is 0 Å². The van der Waals surface area contributed by atoms with Crippen LogP contribution in [0.2, 0.25) is 0 Å². The van der Waals surface area contributed by atoms with Crippen molar-refractivity contribution in [2.45, 2.75) is 0 Å². The maximum Gasteiger partial charge on any atom is 0.160 e. The topological polar surface area (TPSA) is 40.6 Å². The van der Waals surface area contributed by atoms with Gasteiger partial charge in [0, 0.05) is 126 Å². The first-order valence-corrected chi connectivity index (χ1v) is 38.4. The van der Waals surface area contributed by atoms with Crippen molar-refractivity contribution < 1.29 is 0 Å². The van der Waals surface area contributed by atoms with E-state index in [2.05, 4.69) is 359 Å². The van der Waals surface area contributed by atoms with Gasteiger partial charge >= 0.3 is 0 Å². The first-order chi connectivity index (χ1) is 52.5. The van der Waals surface area contributed by atoms with E-state index < -0.39 is 0 Å². The summed E-state index contributed by atoms with van der Waals surface area (Å²) < 4.78 is 15.1. The minimum Gasteiger partial charge on any atom is -0.309 e. The van der Waals surface area contributed by atoms with E-state index in [-0.39, 0.29) is 0 Å². The molecule has 8 heteroatoms. The largest absolute Gasteiger partial charge is 0.309 e. The molecule has 16 aromatic carbocycles. The Morgan fingerprint density at radius 2 is 0.500 bits per heavy atom. The van der Waals surface area contributed by atoms with Gasteiger partial charge in [-0.25, -0.2) is 9.97 Å². The monoisotopic (exact) mass is 1400 g/mol. The molecule has 0 bridgehead atoms. The fourth-order valence-corrected chi connectivity index (χ4v) is 20.3. The number of benzene rings is 16. The zero-order chi connectivity index (χ0) is 69.2. The molecule has 7 aromatic heterocycles.